The van der Waals surface area contributed by atoms with Crippen molar-refractivity contribution in [1.82, 2.24) is 0 Å². The van der Waals surface area contributed by atoms with E-state index in [1.807, 2.05) is 6.07 Å². The molecule has 7 heteroatoms. The van der Waals surface area contributed by atoms with Gasteiger partial charge in [-0.3, -0.25) is 10.1 Å². The predicted molar refractivity (Wildman–Crippen MR) is 76.7 cm³/mol. The van der Waals surface area contributed by atoms with E-state index in [0.29, 0.717) is 5.56 Å². The summed E-state index contributed by atoms with van der Waals surface area (Å²) in [6, 6.07) is 8.74. The van der Waals surface area contributed by atoms with Crippen molar-refractivity contribution >= 4 is 21.6 Å². The van der Waals surface area contributed by atoms with E-state index in [0.717, 1.165) is 12.1 Å². The number of halogens is 2. The first-order chi connectivity index (χ1) is 9.93. The highest BCUT2D eigenvalue weighted by Gasteiger charge is 2.21. The molecule has 0 unspecified atom stereocenters. The number of nitro benzene ring substituents is 1. The van der Waals surface area contributed by atoms with Gasteiger partial charge in [0.15, 0.2) is 0 Å². The van der Waals surface area contributed by atoms with E-state index in [1.165, 1.54) is 6.07 Å². The maximum Gasteiger partial charge on any atom is 0.312 e. The van der Waals surface area contributed by atoms with E-state index < -0.39 is 16.4 Å². The number of nitrogens with zero attached hydrogens (tertiary/aromatic N) is 2. The summed E-state index contributed by atoms with van der Waals surface area (Å²) in [6.45, 7) is 1.69. The van der Waals surface area contributed by atoms with Crippen molar-refractivity contribution in [3.8, 4) is 17.6 Å². The smallest absolute Gasteiger partial charge is 0.312 e. The summed E-state index contributed by atoms with van der Waals surface area (Å²) in [7, 11) is 0. The Morgan fingerprint density at radius 3 is 2.76 bits per heavy atom. The summed E-state index contributed by atoms with van der Waals surface area (Å²) in [5, 5.41) is 20.1. The van der Waals surface area contributed by atoms with Crippen LogP contribution in [0.5, 0.6) is 11.5 Å². The highest BCUT2D eigenvalue weighted by atomic mass is 79.9. The van der Waals surface area contributed by atoms with Crippen molar-refractivity contribution < 1.29 is 14.1 Å². The predicted octanol–water partition coefficient (Wildman–Crippen LogP) is 4.47. The number of aryl methyl sites for hydroxylation is 1. The fraction of sp³-hybridized carbons (Fsp3) is 0.0714. The van der Waals surface area contributed by atoms with Gasteiger partial charge in [-0.15, -0.1) is 0 Å². The zero-order chi connectivity index (χ0) is 15.6. The Kier molecular flexibility index (Phi) is 4.19. The number of rotatable bonds is 3. The van der Waals surface area contributed by atoms with Gasteiger partial charge in [-0.1, -0.05) is 12.1 Å². The molecule has 0 amide bonds. The first-order valence-electron chi connectivity index (χ1n) is 5.75. The average molecular weight is 351 g/mol. The van der Waals surface area contributed by atoms with Gasteiger partial charge in [0.05, 0.1) is 15.0 Å². The van der Waals surface area contributed by atoms with Crippen molar-refractivity contribution in [2.45, 2.75) is 6.92 Å². The van der Waals surface area contributed by atoms with Crippen LogP contribution in [-0.4, -0.2) is 4.92 Å². The van der Waals surface area contributed by atoms with Crippen LogP contribution in [0.25, 0.3) is 0 Å². The zero-order valence-corrected chi connectivity index (χ0v) is 12.3. The van der Waals surface area contributed by atoms with E-state index in [1.54, 1.807) is 19.1 Å². The second-order valence-corrected chi connectivity index (χ2v) is 5.01. The second-order valence-electron chi connectivity index (χ2n) is 4.16. The molecule has 2 aromatic carbocycles. The maximum atomic E-state index is 13.6. The summed E-state index contributed by atoms with van der Waals surface area (Å²) < 4.78 is 19.0. The topological polar surface area (TPSA) is 76.2 Å². The SMILES string of the molecule is Cc1cccc(C#N)c1Oc1cc(F)c(Br)cc1[N+](=O)[O-]. The molecule has 0 heterocycles. The van der Waals surface area contributed by atoms with E-state index in [-0.39, 0.29) is 21.5 Å². The summed E-state index contributed by atoms with van der Waals surface area (Å²) in [5.74, 6) is -0.779. The molecule has 0 aliphatic carbocycles. The largest absolute Gasteiger partial charge is 0.448 e. The lowest BCUT2D eigenvalue weighted by molar-refractivity contribution is -0.385. The Morgan fingerprint density at radius 2 is 2.14 bits per heavy atom. The molecule has 5 nitrogen and oxygen atoms in total. The van der Waals surface area contributed by atoms with E-state index in [2.05, 4.69) is 15.9 Å². The van der Waals surface area contributed by atoms with Crippen molar-refractivity contribution in [3.63, 3.8) is 0 Å². The molecule has 0 saturated carbocycles. The van der Waals surface area contributed by atoms with Gasteiger partial charge in [0.25, 0.3) is 0 Å². The quantitative estimate of drug-likeness (QED) is 0.604. The van der Waals surface area contributed by atoms with Gasteiger partial charge >= 0.3 is 5.69 Å². The molecule has 2 aromatic rings. The molecule has 0 fully saturated rings. The van der Waals surface area contributed by atoms with Crippen LogP contribution in [0.1, 0.15) is 11.1 Å². The average Bonchev–Trinajstić information content (AvgIpc) is 2.44. The lowest BCUT2D eigenvalue weighted by atomic mass is 10.1. The number of hydrogen-bond donors (Lipinski definition) is 0. The Labute approximate surface area is 127 Å². The van der Waals surface area contributed by atoms with Crippen molar-refractivity contribution in [3.05, 3.63) is 61.9 Å². The number of para-hydroxylation sites is 1. The fourth-order valence-electron chi connectivity index (χ4n) is 1.73. The third-order valence-electron chi connectivity index (χ3n) is 2.74. The lowest BCUT2D eigenvalue weighted by Gasteiger charge is -2.11. The molecule has 0 aromatic heterocycles. The Balaban J connectivity index is 2.57. The van der Waals surface area contributed by atoms with Gasteiger partial charge in [-0.05, 0) is 34.5 Å². The third-order valence-corrected chi connectivity index (χ3v) is 3.35. The van der Waals surface area contributed by atoms with Gasteiger partial charge in [-0.25, -0.2) is 4.39 Å². The van der Waals surface area contributed by atoms with Crippen LogP contribution in [0.4, 0.5) is 10.1 Å². The van der Waals surface area contributed by atoms with Gasteiger partial charge in [0.2, 0.25) is 5.75 Å². The van der Waals surface area contributed by atoms with Crippen molar-refractivity contribution in [2.75, 3.05) is 0 Å². The van der Waals surface area contributed by atoms with E-state index >= 15 is 0 Å². The molecule has 2 rings (SSSR count). The van der Waals surface area contributed by atoms with Gasteiger partial charge < -0.3 is 4.74 Å². The summed E-state index contributed by atoms with van der Waals surface area (Å²) >= 11 is 2.89. The van der Waals surface area contributed by atoms with Crippen LogP contribution in [0.15, 0.2) is 34.8 Å². The number of nitro groups is 1. The minimum atomic E-state index is -0.692. The molecule has 106 valence electrons. The van der Waals surface area contributed by atoms with Crippen LogP contribution >= 0.6 is 15.9 Å². The Hall–Kier alpha value is -2.46. The third kappa shape index (κ3) is 3.01. The van der Waals surface area contributed by atoms with Crippen LogP contribution in [0.2, 0.25) is 0 Å². The van der Waals surface area contributed by atoms with E-state index in [4.69, 9.17) is 10.00 Å². The monoisotopic (exact) mass is 350 g/mol. The molecular formula is C14H8BrFN2O3. The lowest BCUT2D eigenvalue weighted by Crippen LogP contribution is -1.97. The summed E-state index contributed by atoms with van der Waals surface area (Å²) in [4.78, 5) is 10.4. The van der Waals surface area contributed by atoms with Gasteiger partial charge in [-0.2, -0.15) is 5.26 Å². The number of ether oxygens (including phenoxy) is 1. The van der Waals surface area contributed by atoms with Gasteiger partial charge in [0.1, 0.15) is 17.6 Å². The standard InChI is InChI=1S/C14H8BrFN2O3/c1-8-3-2-4-9(7-17)14(8)21-13-6-11(16)10(15)5-12(13)18(19)20/h2-6H,1H3. The minimum Gasteiger partial charge on any atom is -0.448 e. The molecule has 0 bridgehead atoms. The molecule has 0 aliphatic heterocycles. The molecule has 21 heavy (non-hydrogen) atoms. The highest BCUT2D eigenvalue weighted by molar-refractivity contribution is 9.10. The summed E-state index contributed by atoms with van der Waals surface area (Å²) in [5.41, 5.74) is 0.440. The Morgan fingerprint density at radius 1 is 1.43 bits per heavy atom. The minimum absolute atomic E-state index is 0.0353. The number of hydrogen-bond acceptors (Lipinski definition) is 4. The Bertz CT molecular complexity index is 772. The highest BCUT2D eigenvalue weighted by Crippen LogP contribution is 2.37. The molecule has 0 spiro atoms. The van der Waals surface area contributed by atoms with Crippen LogP contribution in [0.3, 0.4) is 0 Å². The van der Waals surface area contributed by atoms with Crippen LogP contribution < -0.4 is 4.74 Å². The molecule has 0 saturated heterocycles. The van der Waals surface area contributed by atoms with E-state index in [9.17, 15) is 14.5 Å². The number of benzene rings is 2. The second kappa shape index (κ2) is 5.89. The summed E-state index contributed by atoms with van der Waals surface area (Å²) in [6.07, 6.45) is 0. The molecule has 0 radical (unpaired) electrons. The molecule has 0 N–H and O–H groups in total. The fourth-order valence-corrected chi connectivity index (χ4v) is 2.06. The molecule has 0 aliphatic rings. The first kappa shape index (κ1) is 14.9. The normalized spacial score (nSPS) is 10.0. The van der Waals surface area contributed by atoms with Crippen LogP contribution in [-0.2, 0) is 0 Å². The van der Waals surface area contributed by atoms with Gasteiger partial charge in [0, 0.05) is 12.1 Å². The van der Waals surface area contributed by atoms with Crippen molar-refractivity contribution in [2.24, 2.45) is 0 Å². The zero-order valence-electron chi connectivity index (χ0n) is 10.8. The number of nitriles is 1. The maximum absolute atomic E-state index is 13.6. The molecular weight excluding hydrogens is 343 g/mol. The van der Waals surface area contributed by atoms with Crippen molar-refractivity contribution in [1.29, 1.82) is 5.26 Å². The van der Waals surface area contributed by atoms with Crippen LogP contribution in [0, 0.1) is 34.2 Å². The molecule has 0 atom stereocenters. The first-order valence-corrected chi connectivity index (χ1v) is 6.54.